The van der Waals surface area contributed by atoms with Crippen molar-refractivity contribution in [3.63, 3.8) is 0 Å². The van der Waals surface area contributed by atoms with Crippen molar-refractivity contribution in [1.29, 1.82) is 0 Å². The molecule has 0 aromatic rings. The Morgan fingerprint density at radius 2 is 2.00 bits per heavy atom. The molecule has 0 amide bonds. The molecule has 1 unspecified atom stereocenters. The second-order valence-electron chi connectivity index (χ2n) is 5.51. The molecule has 100 valence electrons. The summed E-state index contributed by atoms with van der Waals surface area (Å²) in [5.74, 6) is 0.847. The Kier molecular flexibility index (Phi) is 5.22. The van der Waals surface area contributed by atoms with Crippen LogP contribution in [0.1, 0.15) is 32.6 Å². The van der Waals surface area contributed by atoms with Gasteiger partial charge >= 0.3 is 0 Å². The van der Waals surface area contributed by atoms with Crippen molar-refractivity contribution < 1.29 is 14.6 Å². The van der Waals surface area contributed by atoms with Crippen LogP contribution in [0.4, 0.5) is 0 Å². The second-order valence-corrected chi connectivity index (χ2v) is 5.51. The van der Waals surface area contributed by atoms with Gasteiger partial charge in [-0.2, -0.15) is 0 Å². The maximum absolute atomic E-state index is 9.77. The molecule has 1 atom stereocenters. The largest absolute Gasteiger partial charge is 0.389 e. The summed E-state index contributed by atoms with van der Waals surface area (Å²) >= 11 is 0. The second kappa shape index (κ2) is 6.69. The van der Waals surface area contributed by atoms with Gasteiger partial charge in [-0.1, -0.05) is 6.92 Å². The van der Waals surface area contributed by atoms with E-state index < -0.39 is 6.10 Å². The zero-order valence-electron chi connectivity index (χ0n) is 10.7. The molecule has 17 heavy (non-hydrogen) atoms. The number of rotatable bonds is 6. The van der Waals surface area contributed by atoms with Crippen molar-refractivity contribution in [2.45, 2.75) is 50.9 Å². The molecule has 2 N–H and O–H groups in total. The molecule has 0 radical (unpaired) electrons. The topological polar surface area (TPSA) is 50.7 Å². The van der Waals surface area contributed by atoms with Crippen LogP contribution >= 0.6 is 0 Å². The van der Waals surface area contributed by atoms with Crippen LogP contribution in [0.15, 0.2) is 0 Å². The van der Waals surface area contributed by atoms with Gasteiger partial charge in [0.05, 0.1) is 38.1 Å². The number of hydrogen-bond donors (Lipinski definition) is 2. The van der Waals surface area contributed by atoms with E-state index in [0.29, 0.717) is 25.3 Å². The molecule has 0 spiro atoms. The van der Waals surface area contributed by atoms with Gasteiger partial charge in [-0.3, -0.25) is 0 Å². The number of hydrogen-bond acceptors (Lipinski definition) is 4. The standard InChI is InChI=1S/C13H25NO3/c1-10-2-4-13(5-3-10)17-9-12(15)6-14-11-7-16-8-11/h10-15H,2-9H2,1H3. The molecule has 4 heteroatoms. The molecule has 1 heterocycles. The Hall–Kier alpha value is -0.160. The highest BCUT2D eigenvalue weighted by Gasteiger charge is 2.21. The van der Waals surface area contributed by atoms with Crippen LogP contribution in [0.25, 0.3) is 0 Å². The lowest BCUT2D eigenvalue weighted by Gasteiger charge is -2.29. The summed E-state index contributed by atoms with van der Waals surface area (Å²) < 4.78 is 10.8. The first kappa shape index (κ1) is 13.3. The van der Waals surface area contributed by atoms with E-state index in [2.05, 4.69) is 12.2 Å². The zero-order valence-corrected chi connectivity index (χ0v) is 10.7. The summed E-state index contributed by atoms with van der Waals surface area (Å²) in [7, 11) is 0. The third-order valence-corrected chi connectivity index (χ3v) is 3.77. The van der Waals surface area contributed by atoms with Gasteiger partial charge in [0.2, 0.25) is 0 Å². The Balaban J connectivity index is 1.51. The Bertz CT molecular complexity index is 213. The first-order chi connectivity index (χ1) is 8.24. The minimum Gasteiger partial charge on any atom is -0.389 e. The molecule has 1 saturated heterocycles. The van der Waals surface area contributed by atoms with Crippen molar-refractivity contribution in [3.8, 4) is 0 Å². The quantitative estimate of drug-likeness (QED) is 0.729. The van der Waals surface area contributed by atoms with Gasteiger partial charge in [0, 0.05) is 6.54 Å². The summed E-state index contributed by atoms with van der Waals surface area (Å²) in [5.41, 5.74) is 0. The van der Waals surface area contributed by atoms with Crippen LogP contribution < -0.4 is 5.32 Å². The van der Waals surface area contributed by atoms with E-state index in [0.717, 1.165) is 32.0 Å². The van der Waals surface area contributed by atoms with Crippen molar-refractivity contribution >= 4 is 0 Å². The lowest BCUT2D eigenvalue weighted by atomic mass is 9.89. The number of nitrogens with one attached hydrogen (secondary N) is 1. The van der Waals surface area contributed by atoms with E-state index in [1.807, 2.05) is 0 Å². The van der Waals surface area contributed by atoms with Crippen LogP contribution in [0.3, 0.4) is 0 Å². The lowest BCUT2D eigenvalue weighted by molar-refractivity contribution is -0.0391. The van der Waals surface area contributed by atoms with E-state index >= 15 is 0 Å². The van der Waals surface area contributed by atoms with Gasteiger partial charge < -0.3 is 19.9 Å². The Morgan fingerprint density at radius 3 is 2.59 bits per heavy atom. The maximum atomic E-state index is 9.77. The SMILES string of the molecule is CC1CCC(OCC(O)CNC2COC2)CC1. The lowest BCUT2D eigenvalue weighted by Crippen LogP contribution is -2.49. The normalized spacial score (nSPS) is 32.1. The molecular formula is C13H25NO3. The van der Waals surface area contributed by atoms with Crippen LogP contribution in [0, 0.1) is 5.92 Å². The molecular weight excluding hydrogens is 218 g/mol. The smallest absolute Gasteiger partial charge is 0.0897 e. The third-order valence-electron chi connectivity index (χ3n) is 3.77. The summed E-state index contributed by atoms with van der Waals surface area (Å²) in [6.07, 6.45) is 4.80. The summed E-state index contributed by atoms with van der Waals surface area (Å²) in [6, 6.07) is 0.431. The number of aliphatic hydroxyl groups excluding tert-OH is 1. The fourth-order valence-electron chi connectivity index (χ4n) is 2.36. The number of aliphatic hydroxyl groups is 1. The summed E-state index contributed by atoms with van der Waals surface area (Å²) in [5, 5.41) is 13.0. The van der Waals surface area contributed by atoms with Gasteiger partial charge in [0.15, 0.2) is 0 Å². The fraction of sp³-hybridized carbons (Fsp3) is 1.00. The van der Waals surface area contributed by atoms with Gasteiger partial charge in [-0.05, 0) is 31.6 Å². The monoisotopic (exact) mass is 243 g/mol. The molecule has 1 aliphatic heterocycles. The first-order valence-electron chi connectivity index (χ1n) is 6.85. The number of ether oxygens (including phenoxy) is 2. The molecule has 2 fully saturated rings. The first-order valence-corrected chi connectivity index (χ1v) is 6.85. The highest BCUT2D eigenvalue weighted by Crippen LogP contribution is 2.25. The van der Waals surface area contributed by atoms with E-state index in [1.54, 1.807) is 0 Å². The average molecular weight is 243 g/mol. The predicted molar refractivity (Wildman–Crippen MR) is 66.0 cm³/mol. The maximum Gasteiger partial charge on any atom is 0.0897 e. The van der Waals surface area contributed by atoms with Crippen molar-refractivity contribution in [2.24, 2.45) is 5.92 Å². The summed E-state index contributed by atoms with van der Waals surface area (Å²) in [6.45, 7) is 4.91. The van der Waals surface area contributed by atoms with Crippen LogP contribution in [0.2, 0.25) is 0 Å². The molecule has 1 aliphatic carbocycles. The minimum atomic E-state index is -0.394. The van der Waals surface area contributed by atoms with Crippen molar-refractivity contribution in [2.75, 3.05) is 26.4 Å². The molecule has 0 bridgehead atoms. The van der Waals surface area contributed by atoms with Gasteiger partial charge in [0.1, 0.15) is 0 Å². The average Bonchev–Trinajstić information content (AvgIpc) is 2.26. The van der Waals surface area contributed by atoms with E-state index in [9.17, 15) is 5.11 Å². The summed E-state index contributed by atoms with van der Waals surface area (Å²) in [4.78, 5) is 0. The van der Waals surface area contributed by atoms with Crippen molar-refractivity contribution in [1.82, 2.24) is 5.32 Å². The predicted octanol–water partition coefficient (Wildman–Crippen LogP) is 0.931. The van der Waals surface area contributed by atoms with Crippen LogP contribution in [0.5, 0.6) is 0 Å². The van der Waals surface area contributed by atoms with Gasteiger partial charge in [0.25, 0.3) is 0 Å². The van der Waals surface area contributed by atoms with Gasteiger partial charge in [-0.15, -0.1) is 0 Å². The van der Waals surface area contributed by atoms with E-state index in [1.165, 1.54) is 12.8 Å². The van der Waals surface area contributed by atoms with Crippen LogP contribution in [-0.4, -0.2) is 49.7 Å². The molecule has 0 aromatic heterocycles. The Morgan fingerprint density at radius 1 is 1.29 bits per heavy atom. The van der Waals surface area contributed by atoms with Crippen molar-refractivity contribution in [3.05, 3.63) is 0 Å². The molecule has 4 nitrogen and oxygen atoms in total. The minimum absolute atomic E-state index is 0.368. The highest BCUT2D eigenvalue weighted by molar-refractivity contribution is 4.75. The fourth-order valence-corrected chi connectivity index (χ4v) is 2.36. The Labute approximate surface area is 104 Å². The molecule has 0 aromatic carbocycles. The van der Waals surface area contributed by atoms with Gasteiger partial charge in [-0.25, -0.2) is 0 Å². The molecule has 2 rings (SSSR count). The van der Waals surface area contributed by atoms with Crippen LogP contribution in [-0.2, 0) is 9.47 Å². The highest BCUT2D eigenvalue weighted by atomic mass is 16.5. The third kappa shape index (κ3) is 4.54. The molecule has 2 aliphatic rings. The molecule has 1 saturated carbocycles. The van der Waals surface area contributed by atoms with E-state index in [4.69, 9.17) is 9.47 Å². The zero-order chi connectivity index (χ0) is 12.1. The van der Waals surface area contributed by atoms with E-state index in [-0.39, 0.29) is 0 Å².